The van der Waals surface area contributed by atoms with Gasteiger partial charge in [0, 0.05) is 44.8 Å². The molecule has 1 N–H and O–H groups in total. The van der Waals surface area contributed by atoms with Gasteiger partial charge in [0.2, 0.25) is 11.8 Å². The predicted molar refractivity (Wildman–Crippen MR) is 109 cm³/mol. The first-order valence-electron chi connectivity index (χ1n) is 10.9. The molecule has 3 heterocycles. The van der Waals surface area contributed by atoms with Crippen LogP contribution in [0.1, 0.15) is 57.4 Å². The molecule has 1 aromatic heterocycles. The molecule has 3 aliphatic rings. The Labute approximate surface area is 167 Å². The van der Waals surface area contributed by atoms with E-state index in [1.54, 1.807) is 0 Å². The van der Waals surface area contributed by atoms with Crippen molar-refractivity contribution < 1.29 is 9.59 Å². The summed E-state index contributed by atoms with van der Waals surface area (Å²) in [4.78, 5) is 33.7. The normalized spacial score (nSPS) is 24.2. The maximum atomic E-state index is 12.6. The lowest BCUT2D eigenvalue weighted by atomic mass is 9.99. The largest absolute Gasteiger partial charge is 0.357 e. The molecule has 2 saturated heterocycles. The second-order valence-electron chi connectivity index (χ2n) is 8.80. The van der Waals surface area contributed by atoms with Crippen molar-refractivity contribution in [2.75, 3.05) is 24.5 Å². The van der Waals surface area contributed by atoms with Crippen molar-refractivity contribution in [2.24, 2.45) is 11.8 Å². The van der Waals surface area contributed by atoms with Gasteiger partial charge in [-0.25, -0.2) is 4.98 Å². The first-order valence-corrected chi connectivity index (χ1v) is 10.9. The summed E-state index contributed by atoms with van der Waals surface area (Å²) < 4.78 is 0. The highest BCUT2D eigenvalue weighted by Crippen LogP contribution is 2.29. The molecule has 152 valence electrons. The van der Waals surface area contributed by atoms with Gasteiger partial charge in [-0.3, -0.25) is 9.59 Å². The molecular formula is C22H32N4O2. The molecule has 6 heteroatoms. The van der Waals surface area contributed by atoms with Gasteiger partial charge in [0.05, 0.1) is 5.92 Å². The number of amides is 2. The summed E-state index contributed by atoms with van der Waals surface area (Å²) in [5, 5.41) is 3.01. The number of nitrogens with one attached hydrogen (secondary N) is 1. The standard InChI is InChI=1S/C22H32N4O2/c1-16-8-10-25(11-9-16)20-7-6-17(13-23-20)14-24-22(28)18-12-21(27)26(15-18)19-4-2-3-5-19/h6-7,13,16,18-19H,2-5,8-12,14-15H2,1H3,(H,24,28). The van der Waals surface area contributed by atoms with Gasteiger partial charge < -0.3 is 15.1 Å². The molecule has 1 unspecified atom stereocenters. The Morgan fingerprint density at radius 3 is 2.61 bits per heavy atom. The molecule has 28 heavy (non-hydrogen) atoms. The molecule has 0 spiro atoms. The molecule has 4 rings (SSSR count). The summed E-state index contributed by atoms with van der Waals surface area (Å²) in [6.07, 6.45) is 9.23. The Balaban J connectivity index is 1.26. The number of pyridine rings is 1. The van der Waals surface area contributed by atoms with E-state index >= 15 is 0 Å². The molecule has 1 aliphatic carbocycles. The quantitative estimate of drug-likeness (QED) is 0.848. The lowest BCUT2D eigenvalue weighted by Gasteiger charge is -2.31. The average Bonchev–Trinajstić information content (AvgIpc) is 3.37. The van der Waals surface area contributed by atoms with Crippen molar-refractivity contribution in [3.63, 3.8) is 0 Å². The van der Waals surface area contributed by atoms with Crippen LogP contribution in [0.15, 0.2) is 18.3 Å². The number of nitrogens with zero attached hydrogens (tertiary/aromatic N) is 3. The van der Waals surface area contributed by atoms with Crippen LogP contribution in [0.2, 0.25) is 0 Å². The zero-order valence-electron chi connectivity index (χ0n) is 16.9. The van der Waals surface area contributed by atoms with E-state index in [1.165, 1.54) is 25.7 Å². The van der Waals surface area contributed by atoms with Gasteiger partial charge in [0.1, 0.15) is 5.82 Å². The van der Waals surface area contributed by atoms with Gasteiger partial charge in [-0.05, 0) is 43.2 Å². The highest BCUT2D eigenvalue weighted by Gasteiger charge is 2.38. The summed E-state index contributed by atoms with van der Waals surface area (Å²) in [5.74, 6) is 1.75. The topological polar surface area (TPSA) is 65.5 Å². The number of carbonyl (C=O) groups excluding carboxylic acids is 2. The number of rotatable bonds is 5. The molecule has 2 aliphatic heterocycles. The average molecular weight is 385 g/mol. The molecule has 1 aromatic rings. The number of likely N-dealkylation sites (tertiary alicyclic amines) is 1. The van der Waals surface area contributed by atoms with Crippen molar-refractivity contribution in [1.82, 2.24) is 15.2 Å². The third kappa shape index (κ3) is 4.31. The minimum atomic E-state index is -0.212. The molecule has 0 bridgehead atoms. The number of hydrogen-bond donors (Lipinski definition) is 1. The molecule has 2 amide bonds. The minimum Gasteiger partial charge on any atom is -0.357 e. The van der Waals surface area contributed by atoms with E-state index in [-0.39, 0.29) is 17.7 Å². The SMILES string of the molecule is CC1CCN(c2ccc(CNC(=O)C3CC(=O)N(C4CCCC4)C3)cn2)CC1. The van der Waals surface area contributed by atoms with Crippen molar-refractivity contribution in [3.05, 3.63) is 23.9 Å². The van der Waals surface area contributed by atoms with Crippen molar-refractivity contribution in [1.29, 1.82) is 0 Å². The van der Waals surface area contributed by atoms with Crippen molar-refractivity contribution in [2.45, 2.75) is 64.5 Å². The Morgan fingerprint density at radius 1 is 1.18 bits per heavy atom. The minimum absolute atomic E-state index is 0.0112. The zero-order valence-corrected chi connectivity index (χ0v) is 16.9. The van der Waals surface area contributed by atoms with Crippen LogP contribution in [-0.2, 0) is 16.1 Å². The van der Waals surface area contributed by atoms with Crippen molar-refractivity contribution in [3.8, 4) is 0 Å². The lowest BCUT2D eigenvalue weighted by Crippen LogP contribution is -2.36. The lowest BCUT2D eigenvalue weighted by molar-refractivity contribution is -0.130. The van der Waals surface area contributed by atoms with Crippen LogP contribution in [-0.4, -0.2) is 47.4 Å². The monoisotopic (exact) mass is 384 g/mol. The first-order chi connectivity index (χ1) is 13.6. The summed E-state index contributed by atoms with van der Waals surface area (Å²) >= 11 is 0. The zero-order chi connectivity index (χ0) is 19.5. The Morgan fingerprint density at radius 2 is 1.93 bits per heavy atom. The van der Waals surface area contributed by atoms with E-state index in [2.05, 4.69) is 28.2 Å². The molecule has 0 radical (unpaired) electrons. The maximum absolute atomic E-state index is 12.6. The smallest absolute Gasteiger partial charge is 0.225 e. The first kappa shape index (κ1) is 19.2. The molecule has 6 nitrogen and oxygen atoms in total. The maximum Gasteiger partial charge on any atom is 0.225 e. The number of hydrogen-bond acceptors (Lipinski definition) is 4. The van der Waals surface area contributed by atoms with Crippen LogP contribution in [0, 0.1) is 11.8 Å². The van der Waals surface area contributed by atoms with Gasteiger partial charge in [0.25, 0.3) is 0 Å². The Hall–Kier alpha value is -2.11. The summed E-state index contributed by atoms with van der Waals surface area (Å²) in [5.41, 5.74) is 0.999. The third-order valence-electron chi connectivity index (χ3n) is 6.68. The van der Waals surface area contributed by atoms with Gasteiger partial charge in [-0.15, -0.1) is 0 Å². The molecule has 3 fully saturated rings. The van der Waals surface area contributed by atoms with E-state index in [9.17, 15) is 9.59 Å². The van der Waals surface area contributed by atoms with E-state index in [1.807, 2.05) is 17.2 Å². The van der Waals surface area contributed by atoms with E-state index in [4.69, 9.17) is 0 Å². The molecular weight excluding hydrogens is 352 g/mol. The van der Waals surface area contributed by atoms with Crippen LogP contribution in [0.4, 0.5) is 5.82 Å². The predicted octanol–water partition coefficient (Wildman–Crippen LogP) is 2.73. The van der Waals surface area contributed by atoms with Crippen LogP contribution in [0.5, 0.6) is 0 Å². The van der Waals surface area contributed by atoms with Crippen molar-refractivity contribution >= 4 is 17.6 Å². The summed E-state index contributed by atoms with van der Waals surface area (Å²) in [6.45, 7) is 5.49. The number of anilines is 1. The van der Waals surface area contributed by atoms with Gasteiger partial charge in [-0.1, -0.05) is 25.8 Å². The van der Waals surface area contributed by atoms with Crippen LogP contribution in [0.3, 0.4) is 0 Å². The fourth-order valence-electron chi connectivity index (χ4n) is 4.76. The Bertz CT molecular complexity index is 691. The second kappa shape index (κ2) is 8.50. The van der Waals surface area contributed by atoms with Crippen LogP contribution < -0.4 is 10.2 Å². The van der Waals surface area contributed by atoms with E-state index < -0.39 is 0 Å². The third-order valence-corrected chi connectivity index (χ3v) is 6.68. The molecule has 1 atom stereocenters. The van der Waals surface area contributed by atoms with E-state index in [0.717, 1.165) is 43.2 Å². The van der Waals surface area contributed by atoms with Gasteiger partial charge in [-0.2, -0.15) is 0 Å². The molecule has 0 aromatic carbocycles. The number of carbonyl (C=O) groups is 2. The van der Waals surface area contributed by atoms with Crippen LogP contribution >= 0.6 is 0 Å². The number of piperidine rings is 1. The Kier molecular flexibility index (Phi) is 5.83. The van der Waals surface area contributed by atoms with Gasteiger partial charge in [0.15, 0.2) is 0 Å². The van der Waals surface area contributed by atoms with Crippen LogP contribution in [0.25, 0.3) is 0 Å². The summed E-state index contributed by atoms with van der Waals surface area (Å²) in [7, 11) is 0. The highest BCUT2D eigenvalue weighted by molar-refractivity contribution is 5.89. The van der Waals surface area contributed by atoms with Gasteiger partial charge >= 0.3 is 0 Å². The second-order valence-corrected chi connectivity index (χ2v) is 8.80. The summed E-state index contributed by atoms with van der Waals surface area (Å²) in [6, 6.07) is 4.46. The number of aromatic nitrogens is 1. The highest BCUT2D eigenvalue weighted by atomic mass is 16.2. The molecule has 1 saturated carbocycles. The fraction of sp³-hybridized carbons (Fsp3) is 0.682. The van der Waals surface area contributed by atoms with E-state index in [0.29, 0.717) is 25.6 Å². The fourth-order valence-corrected chi connectivity index (χ4v) is 4.76.